The lowest BCUT2D eigenvalue weighted by Gasteiger charge is -2.34. The fourth-order valence-corrected chi connectivity index (χ4v) is 2.93. The number of aliphatic carboxylic acids is 1. The molecule has 1 aromatic rings. The van der Waals surface area contributed by atoms with Crippen LogP contribution in [0.5, 0.6) is 0 Å². The van der Waals surface area contributed by atoms with E-state index in [4.69, 9.17) is 9.84 Å². The molecule has 1 aliphatic heterocycles. The second-order valence-corrected chi connectivity index (χ2v) is 6.04. The van der Waals surface area contributed by atoms with Crippen LogP contribution in [0.1, 0.15) is 31.9 Å². The lowest BCUT2D eigenvalue weighted by atomic mass is 10.1. The summed E-state index contributed by atoms with van der Waals surface area (Å²) in [6.07, 6.45) is -0.122. The number of anilines is 1. The van der Waals surface area contributed by atoms with Gasteiger partial charge < -0.3 is 14.7 Å². The molecule has 0 aliphatic carbocycles. The van der Waals surface area contributed by atoms with Crippen molar-refractivity contribution in [1.29, 1.82) is 0 Å². The van der Waals surface area contributed by atoms with Crippen LogP contribution in [0.25, 0.3) is 0 Å². The molecule has 0 bridgehead atoms. The lowest BCUT2D eigenvalue weighted by Crippen LogP contribution is -2.51. The molecule has 1 unspecified atom stereocenters. The molecule has 116 valence electrons. The Labute approximate surface area is 126 Å². The Kier molecular flexibility index (Phi) is 5.13. The van der Waals surface area contributed by atoms with Gasteiger partial charge in [-0.1, -0.05) is 13.8 Å². The van der Waals surface area contributed by atoms with E-state index < -0.39 is 12.0 Å². The molecule has 1 saturated heterocycles. The topological polar surface area (TPSA) is 91.8 Å². The highest BCUT2D eigenvalue weighted by atomic mass is 32.1. The number of thiazole rings is 1. The van der Waals surface area contributed by atoms with Gasteiger partial charge in [-0.05, 0) is 5.92 Å². The molecule has 0 radical (unpaired) electrons. The normalized spacial score (nSPS) is 18.8. The first kappa shape index (κ1) is 15.7. The maximum atomic E-state index is 12.3. The van der Waals surface area contributed by atoms with Gasteiger partial charge in [-0.2, -0.15) is 0 Å². The Bertz CT molecular complexity index is 517. The second-order valence-electron chi connectivity index (χ2n) is 5.18. The zero-order valence-corrected chi connectivity index (χ0v) is 12.9. The highest BCUT2D eigenvalue weighted by molar-refractivity contribution is 7.13. The van der Waals surface area contributed by atoms with Crippen molar-refractivity contribution in [2.24, 2.45) is 0 Å². The molecular formula is C13H19N3O4S. The second kappa shape index (κ2) is 6.86. The summed E-state index contributed by atoms with van der Waals surface area (Å²) in [6.45, 7) is 5.11. The largest absolute Gasteiger partial charge is 0.481 e. The number of aromatic nitrogens is 1. The van der Waals surface area contributed by atoms with Crippen molar-refractivity contribution < 1.29 is 19.4 Å². The number of carboxylic acid groups (broad SMARTS) is 1. The number of nitrogens with one attached hydrogen (secondary N) is 1. The van der Waals surface area contributed by atoms with Gasteiger partial charge in [-0.15, -0.1) is 11.3 Å². The smallest absolute Gasteiger partial charge is 0.324 e. The minimum atomic E-state index is -0.945. The van der Waals surface area contributed by atoms with Gasteiger partial charge >= 0.3 is 12.0 Å². The van der Waals surface area contributed by atoms with E-state index in [2.05, 4.69) is 10.3 Å². The van der Waals surface area contributed by atoms with Gasteiger partial charge in [0.25, 0.3) is 0 Å². The number of hydrogen-bond acceptors (Lipinski definition) is 5. The molecule has 2 heterocycles. The lowest BCUT2D eigenvalue weighted by molar-refractivity contribution is -0.139. The van der Waals surface area contributed by atoms with E-state index in [1.54, 1.807) is 0 Å². The number of morpholine rings is 1. The van der Waals surface area contributed by atoms with Gasteiger partial charge in [0.1, 0.15) is 0 Å². The third-order valence-corrected chi connectivity index (χ3v) is 4.00. The summed E-state index contributed by atoms with van der Waals surface area (Å²) in [7, 11) is 0. The number of hydrogen-bond donors (Lipinski definition) is 2. The maximum absolute atomic E-state index is 12.3. The first-order valence-electron chi connectivity index (χ1n) is 6.80. The number of nitrogens with zero attached hydrogens (tertiary/aromatic N) is 2. The summed E-state index contributed by atoms with van der Waals surface area (Å²) in [6, 6.07) is -0.769. The van der Waals surface area contributed by atoms with Crippen LogP contribution >= 0.6 is 11.3 Å². The van der Waals surface area contributed by atoms with Crippen molar-refractivity contribution in [3.05, 3.63) is 11.1 Å². The quantitative estimate of drug-likeness (QED) is 0.886. The molecule has 1 aromatic heterocycles. The minimum Gasteiger partial charge on any atom is -0.481 e. The first-order chi connectivity index (χ1) is 9.97. The Morgan fingerprint density at radius 3 is 3.00 bits per heavy atom. The van der Waals surface area contributed by atoms with Gasteiger partial charge in [-0.3, -0.25) is 10.1 Å². The van der Waals surface area contributed by atoms with E-state index in [0.717, 1.165) is 5.69 Å². The zero-order valence-electron chi connectivity index (χ0n) is 12.0. The van der Waals surface area contributed by atoms with Crippen molar-refractivity contribution in [2.45, 2.75) is 32.2 Å². The Balaban J connectivity index is 2.01. The fourth-order valence-electron chi connectivity index (χ4n) is 2.06. The number of carbonyl (C=O) groups excluding carboxylic acids is 1. The molecule has 21 heavy (non-hydrogen) atoms. The van der Waals surface area contributed by atoms with Crippen molar-refractivity contribution in [3.63, 3.8) is 0 Å². The third-order valence-electron chi connectivity index (χ3n) is 3.23. The van der Waals surface area contributed by atoms with Crippen LogP contribution in [0, 0.1) is 0 Å². The number of urea groups is 1. The van der Waals surface area contributed by atoms with Gasteiger partial charge in [0.2, 0.25) is 0 Å². The van der Waals surface area contributed by atoms with Gasteiger partial charge in [0, 0.05) is 11.9 Å². The van der Waals surface area contributed by atoms with E-state index in [-0.39, 0.29) is 19.1 Å². The number of carboxylic acids is 1. The van der Waals surface area contributed by atoms with Gasteiger partial charge in [-0.25, -0.2) is 9.78 Å². The van der Waals surface area contributed by atoms with Crippen LogP contribution < -0.4 is 5.32 Å². The highest BCUT2D eigenvalue weighted by Crippen LogP contribution is 2.22. The van der Waals surface area contributed by atoms with Crippen molar-refractivity contribution in [2.75, 3.05) is 25.1 Å². The number of carbonyl (C=O) groups is 2. The highest BCUT2D eigenvalue weighted by Gasteiger charge is 2.29. The predicted octanol–water partition coefficient (Wildman–Crippen LogP) is 1.97. The molecule has 1 aliphatic rings. The number of ether oxygens (including phenoxy) is 1. The van der Waals surface area contributed by atoms with Crippen LogP contribution in [0.3, 0.4) is 0 Å². The maximum Gasteiger partial charge on any atom is 0.324 e. The summed E-state index contributed by atoms with van der Waals surface area (Å²) in [5.41, 5.74) is 0.930. The Hall–Kier alpha value is -1.67. The Morgan fingerprint density at radius 2 is 2.38 bits per heavy atom. The summed E-state index contributed by atoms with van der Waals surface area (Å²) < 4.78 is 5.25. The minimum absolute atomic E-state index is 0.122. The molecule has 1 atom stereocenters. The molecule has 0 saturated carbocycles. The Morgan fingerprint density at radius 1 is 1.62 bits per heavy atom. The molecule has 8 heteroatoms. The summed E-state index contributed by atoms with van der Waals surface area (Å²) in [5, 5.41) is 14.1. The molecule has 0 spiro atoms. The van der Waals surface area contributed by atoms with Crippen molar-refractivity contribution >= 4 is 28.5 Å². The molecule has 7 nitrogen and oxygen atoms in total. The van der Waals surface area contributed by atoms with E-state index in [1.807, 2.05) is 19.2 Å². The fraction of sp³-hybridized carbons (Fsp3) is 0.615. The van der Waals surface area contributed by atoms with E-state index in [1.165, 1.54) is 16.2 Å². The average molecular weight is 313 g/mol. The van der Waals surface area contributed by atoms with Crippen LogP contribution in [0.15, 0.2) is 5.38 Å². The van der Waals surface area contributed by atoms with Crippen LogP contribution in [0.2, 0.25) is 0 Å². The molecule has 2 amide bonds. The summed E-state index contributed by atoms with van der Waals surface area (Å²) in [4.78, 5) is 29.0. The third kappa shape index (κ3) is 4.15. The first-order valence-corrected chi connectivity index (χ1v) is 7.68. The molecule has 0 aromatic carbocycles. The van der Waals surface area contributed by atoms with Gasteiger partial charge in [0.15, 0.2) is 5.13 Å². The molecule has 2 N–H and O–H groups in total. The molecular weight excluding hydrogens is 294 g/mol. The predicted molar refractivity (Wildman–Crippen MR) is 78.8 cm³/mol. The molecule has 2 rings (SSSR count). The standard InChI is InChI=1S/C13H19N3O4S/c1-8(2)10-7-21-12(14-10)15-13(19)16-3-4-20-6-9(16)5-11(17)18/h7-9H,3-6H2,1-2H3,(H,17,18)(H,14,15,19). The SMILES string of the molecule is CC(C)c1csc(NC(=O)N2CCOCC2CC(=O)O)n1. The van der Waals surface area contributed by atoms with Gasteiger partial charge in [0.05, 0.1) is 31.4 Å². The van der Waals surface area contributed by atoms with E-state index in [9.17, 15) is 9.59 Å². The van der Waals surface area contributed by atoms with E-state index >= 15 is 0 Å². The van der Waals surface area contributed by atoms with Crippen molar-refractivity contribution in [3.8, 4) is 0 Å². The number of rotatable bonds is 4. The van der Waals surface area contributed by atoms with Crippen LogP contribution in [-0.4, -0.2) is 52.8 Å². The van der Waals surface area contributed by atoms with E-state index in [0.29, 0.717) is 24.2 Å². The van der Waals surface area contributed by atoms with Crippen LogP contribution in [-0.2, 0) is 9.53 Å². The monoisotopic (exact) mass is 313 g/mol. The van der Waals surface area contributed by atoms with Crippen molar-refractivity contribution in [1.82, 2.24) is 9.88 Å². The summed E-state index contributed by atoms with van der Waals surface area (Å²) in [5.74, 6) is -0.644. The summed E-state index contributed by atoms with van der Waals surface area (Å²) >= 11 is 1.37. The van der Waals surface area contributed by atoms with Crippen LogP contribution in [0.4, 0.5) is 9.93 Å². The number of amides is 2. The average Bonchev–Trinajstić information content (AvgIpc) is 2.87. The zero-order chi connectivity index (χ0) is 15.4. The molecule has 1 fully saturated rings.